The third-order valence-electron chi connectivity index (χ3n) is 4.04. The molecule has 1 atom stereocenters. The van der Waals surface area contributed by atoms with Crippen LogP contribution >= 0.6 is 11.3 Å². The van der Waals surface area contributed by atoms with E-state index in [1.807, 2.05) is 6.07 Å². The third-order valence-corrected chi connectivity index (χ3v) is 4.65. The van der Waals surface area contributed by atoms with E-state index in [1.165, 1.54) is 43.8 Å². The van der Waals surface area contributed by atoms with Crippen LogP contribution in [0.2, 0.25) is 0 Å². The van der Waals surface area contributed by atoms with E-state index in [0.29, 0.717) is 5.92 Å². The van der Waals surface area contributed by atoms with Crippen molar-refractivity contribution in [3.05, 3.63) is 23.6 Å². The minimum absolute atomic E-state index is 0.687. The number of anilines is 2. The van der Waals surface area contributed by atoms with Gasteiger partial charge in [-0.3, -0.25) is 0 Å². The zero-order valence-corrected chi connectivity index (χ0v) is 14.6. The van der Waals surface area contributed by atoms with Crippen molar-refractivity contribution in [2.24, 2.45) is 11.8 Å². The van der Waals surface area contributed by atoms with Crippen LogP contribution in [0.25, 0.3) is 0 Å². The van der Waals surface area contributed by atoms with Gasteiger partial charge in [0.2, 0.25) is 5.13 Å². The molecule has 124 valence electrons. The first-order valence-electron chi connectivity index (χ1n) is 8.25. The van der Waals surface area contributed by atoms with E-state index in [0.717, 1.165) is 29.0 Å². The first kappa shape index (κ1) is 16.3. The number of piperidine rings is 1. The molecule has 1 aliphatic rings. The highest BCUT2D eigenvalue weighted by atomic mass is 32.1. The lowest BCUT2D eigenvalue weighted by molar-refractivity contribution is 0.157. The molecular weight excluding hydrogens is 308 g/mol. The average molecular weight is 332 g/mol. The van der Waals surface area contributed by atoms with Gasteiger partial charge in [-0.25, -0.2) is 9.97 Å². The fourth-order valence-electron chi connectivity index (χ4n) is 3.21. The van der Waals surface area contributed by atoms with Crippen LogP contribution in [0.15, 0.2) is 17.9 Å². The standard InChI is InChI=1S/C16H24N6S/c1-12(2)8-22-5-3-4-13(9-22)6-14-7-15(18-10-17-14)20-16-21-19-11-23-16/h7,10-13H,3-6,8-9H2,1-2H3,(H,17,18,20,21)/t13-/m1/s1. The van der Waals surface area contributed by atoms with Gasteiger partial charge in [-0.1, -0.05) is 25.2 Å². The van der Waals surface area contributed by atoms with E-state index < -0.39 is 0 Å². The maximum atomic E-state index is 4.45. The topological polar surface area (TPSA) is 66.8 Å². The SMILES string of the molecule is CC(C)CN1CCC[C@H](Cc2cc(Nc3nncs3)ncn2)C1. The van der Waals surface area contributed by atoms with Crippen molar-refractivity contribution < 1.29 is 0 Å². The smallest absolute Gasteiger partial charge is 0.210 e. The zero-order chi connectivity index (χ0) is 16.1. The van der Waals surface area contributed by atoms with E-state index in [4.69, 9.17) is 0 Å². The summed E-state index contributed by atoms with van der Waals surface area (Å²) in [5, 5.41) is 11.7. The minimum Gasteiger partial charge on any atom is -0.315 e. The molecule has 1 aliphatic heterocycles. The van der Waals surface area contributed by atoms with Crippen molar-refractivity contribution in [1.29, 1.82) is 0 Å². The van der Waals surface area contributed by atoms with E-state index in [2.05, 4.69) is 44.2 Å². The average Bonchev–Trinajstić information content (AvgIpc) is 3.00. The van der Waals surface area contributed by atoms with Crippen LogP contribution in [-0.4, -0.2) is 44.7 Å². The van der Waals surface area contributed by atoms with E-state index in [1.54, 1.807) is 11.8 Å². The van der Waals surface area contributed by atoms with Gasteiger partial charge in [-0.05, 0) is 37.6 Å². The fourth-order valence-corrected chi connectivity index (χ4v) is 3.66. The van der Waals surface area contributed by atoms with Crippen molar-refractivity contribution in [2.45, 2.75) is 33.1 Å². The molecule has 1 fully saturated rings. The molecule has 2 aromatic rings. The summed E-state index contributed by atoms with van der Waals surface area (Å²) in [6.45, 7) is 8.20. The van der Waals surface area contributed by atoms with Crippen molar-refractivity contribution in [1.82, 2.24) is 25.1 Å². The molecule has 0 radical (unpaired) electrons. The molecular formula is C16H24N6S. The maximum Gasteiger partial charge on any atom is 0.210 e. The van der Waals surface area contributed by atoms with Gasteiger partial charge in [0.25, 0.3) is 0 Å². The fraction of sp³-hybridized carbons (Fsp3) is 0.625. The second-order valence-corrected chi connectivity index (χ2v) is 7.46. The van der Waals surface area contributed by atoms with Gasteiger partial charge in [0.1, 0.15) is 17.7 Å². The number of rotatable bonds is 6. The van der Waals surface area contributed by atoms with Gasteiger partial charge in [0, 0.05) is 24.8 Å². The predicted molar refractivity (Wildman–Crippen MR) is 92.9 cm³/mol. The van der Waals surface area contributed by atoms with E-state index in [9.17, 15) is 0 Å². The highest BCUT2D eigenvalue weighted by molar-refractivity contribution is 7.13. The summed E-state index contributed by atoms with van der Waals surface area (Å²) in [4.78, 5) is 11.3. The summed E-state index contributed by atoms with van der Waals surface area (Å²) in [5.41, 5.74) is 2.80. The van der Waals surface area contributed by atoms with Crippen molar-refractivity contribution >= 4 is 22.3 Å². The Balaban J connectivity index is 1.59. The summed E-state index contributed by atoms with van der Waals surface area (Å²) in [5.74, 6) is 2.21. The van der Waals surface area contributed by atoms with Crippen molar-refractivity contribution in [3.8, 4) is 0 Å². The lowest BCUT2D eigenvalue weighted by Crippen LogP contribution is -2.38. The number of aromatic nitrogens is 4. The van der Waals surface area contributed by atoms with Gasteiger partial charge < -0.3 is 10.2 Å². The van der Waals surface area contributed by atoms with E-state index >= 15 is 0 Å². The molecule has 6 nitrogen and oxygen atoms in total. The molecule has 0 spiro atoms. The Kier molecular flexibility index (Phi) is 5.51. The minimum atomic E-state index is 0.687. The number of nitrogens with one attached hydrogen (secondary N) is 1. The van der Waals surface area contributed by atoms with Crippen LogP contribution in [0.1, 0.15) is 32.4 Å². The molecule has 0 unspecified atom stereocenters. The molecule has 2 aromatic heterocycles. The monoisotopic (exact) mass is 332 g/mol. The molecule has 0 aliphatic carbocycles. The molecule has 0 saturated carbocycles. The molecule has 0 bridgehead atoms. The summed E-state index contributed by atoms with van der Waals surface area (Å²) in [6.07, 6.45) is 5.23. The Morgan fingerprint density at radius 1 is 1.39 bits per heavy atom. The Labute approximate surface area is 141 Å². The molecule has 3 heterocycles. The normalized spacial score (nSPS) is 19.2. The quantitative estimate of drug-likeness (QED) is 0.877. The second-order valence-electron chi connectivity index (χ2n) is 6.63. The number of nitrogens with zero attached hydrogens (tertiary/aromatic N) is 5. The molecule has 1 saturated heterocycles. The zero-order valence-electron chi connectivity index (χ0n) is 13.8. The largest absolute Gasteiger partial charge is 0.315 e. The predicted octanol–water partition coefficient (Wildman–Crippen LogP) is 2.98. The Morgan fingerprint density at radius 2 is 2.30 bits per heavy atom. The molecule has 7 heteroatoms. The van der Waals surface area contributed by atoms with Gasteiger partial charge in [0.05, 0.1) is 0 Å². The van der Waals surface area contributed by atoms with Crippen LogP contribution in [-0.2, 0) is 6.42 Å². The summed E-state index contributed by atoms with van der Waals surface area (Å²) < 4.78 is 0. The van der Waals surface area contributed by atoms with Gasteiger partial charge in [0.15, 0.2) is 0 Å². The lowest BCUT2D eigenvalue weighted by Gasteiger charge is -2.33. The summed E-state index contributed by atoms with van der Waals surface area (Å²) in [7, 11) is 0. The molecule has 23 heavy (non-hydrogen) atoms. The number of hydrogen-bond donors (Lipinski definition) is 1. The number of likely N-dealkylation sites (tertiary alicyclic amines) is 1. The van der Waals surface area contributed by atoms with Crippen molar-refractivity contribution in [2.75, 3.05) is 25.0 Å². The van der Waals surface area contributed by atoms with Gasteiger partial charge >= 0.3 is 0 Å². The second kappa shape index (κ2) is 7.79. The summed E-state index contributed by atoms with van der Waals surface area (Å²) in [6, 6.07) is 2.03. The highest BCUT2D eigenvalue weighted by Gasteiger charge is 2.21. The highest BCUT2D eigenvalue weighted by Crippen LogP contribution is 2.22. The van der Waals surface area contributed by atoms with Gasteiger partial charge in [-0.2, -0.15) is 0 Å². The molecule has 1 N–H and O–H groups in total. The summed E-state index contributed by atoms with van der Waals surface area (Å²) >= 11 is 1.46. The van der Waals surface area contributed by atoms with Crippen molar-refractivity contribution in [3.63, 3.8) is 0 Å². The van der Waals surface area contributed by atoms with E-state index in [-0.39, 0.29) is 0 Å². The Bertz CT molecular complexity index is 600. The number of hydrogen-bond acceptors (Lipinski definition) is 7. The van der Waals surface area contributed by atoms with Crippen LogP contribution in [0, 0.1) is 11.8 Å². The Morgan fingerprint density at radius 3 is 3.09 bits per heavy atom. The molecule has 3 rings (SSSR count). The van der Waals surface area contributed by atoms with Crippen LogP contribution in [0.3, 0.4) is 0 Å². The lowest BCUT2D eigenvalue weighted by atomic mass is 9.92. The Hall–Kier alpha value is -1.60. The molecule has 0 amide bonds. The van der Waals surface area contributed by atoms with Gasteiger partial charge in [-0.15, -0.1) is 10.2 Å². The van der Waals surface area contributed by atoms with Crippen LogP contribution in [0.5, 0.6) is 0 Å². The first-order valence-corrected chi connectivity index (χ1v) is 9.13. The van der Waals surface area contributed by atoms with Crippen LogP contribution < -0.4 is 5.32 Å². The molecule has 0 aromatic carbocycles. The first-order chi connectivity index (χ1) is 11.2. The third kappa shape index (κ3) is 4.94. The maximum absolute atomic E-state index is 4.45. The van der Waals surface area contributed by atoms with Crippen LogP contribution in [0.4, 0.5) is 10.9 Å².